The highest BCUT2D eigenvalue weighted by Crippen LogP contribution is 2.21. The Hall–Kier alpha value is -3.18. The Kier molecular flexibility index (Phi) is 9.41. The van der Waals surface area contributed by atoms with Gasteiger partial charge in [0.05, 0.1) is 13.2 Å². The number of likely N-dealkylation sites (tertiary alicyclic amines) is 2. The van der Waals surface area contributed by atoms with E-state index in [1.807, 2.05) is 0 Å². The lowest BCUT2D eigenvalue weighted by Crippen LogP contribution is -2.49. The van der Waals surface area contributed by atoms with Crippen LogP contribution in [0.25, 0.3) is 0 Å². The van der Waals surface area contributed by atoms with Gasteiger partial charge in [0.25, 0.3) is 0 Å². The predicted molar refractivity (Wildman–Crippen MR) is 109 cm³/mol. The van der Waals surface area contributed by atoms with Crippen LogP contribution < -0.4 is 10.6 Å². The molecular weight excluding hydrogens is 424 g/mol. The Morgan fingerprint density at radius 3 is 1.50 bits per heavy atom. The van der Waals surface area contributed by atoms with Crippen LogP contribution in [0.5, 0.6) is 0 Å². The normalized spacial score (nSPS) is 20.3. The first-order valence-electron chi connectivity index (χ1n) is 10.8. The molecule has 2 aliphatic rings. The fourth-order valence-electron chi connectivity index (χ4n) is 3.61. The monoisotopic (exact) mass is 454 g/mol. The van der Waals surface area contributed by atoms with E-state index in [2.05, 4.69) is 10.6 Å². The molecular formula is C20H30N4O8. The number of carbonyl (C=O) groups is 6. The molecule has 0 radical (unpaired) electrons. The molecule has 2 saturated heterocycles. The zero-order valence-electron chi connectivity index (χ0n) is 18.4. The van der Waals surface area contributed by atoms with Crippen molar-refractivity contribution < 1.29 is 38.2 Å². The van der Waals surface area contributed by atoms with E-state index in [4.69, 9.17) is 9.47 Å². The van der Waals surface area contributed by atoms with Crippen molar-refractivity contribution >= 4 is 35.8 Å². The van der Waals surface area contributed by atoms with E-state index < -0.39 is 47.9 Å². The summed E-state index contributed by atoms with van der Waals surface area (Å²) < 4.78 is 9.82. The van der Waals surface area contributed by atoms with Gasteiger partial charge < -0.3 is 20.1 Å². The molecule has 2 N–H and O–H groups in total. The van der Waals surface area contributed by atoms with Crippen molar-refractivity contribution in [3.63, 3.8) is 0 Å². The lowest BCUT2D eigenvalue weighted by Gasteiger charge is -2.22. The number of nitrogens with one attached hydrogen (secondary N) is 2. The van der Waals surface area contributed by atoms with Gasteiger partial charge in [-0.1, -0.05) is 0 Å². The fourth-order valence-corrected chi connectivity index (χ4v) is 3.61. The van der Waals surface area contributed by atoms with Gasteiger partial charge in [0, 0.05) is 25.9 Å². The second-order valence-corrected chi connectivity index (χ2v) is 7.31. The first-order chi connectivity index (χ1) is 15.3. The number of amides is 6. The summed E-state index contributed by atoms with van der Waals surface area (Å²) in [7, 11) is 0. The van der Waals surface area contributed by atoms with Crippen molar-refractivity contribution in [3.8, 4) is 0 Å². The predicted octanol–water partition coefficient (Wildman–Crippen LogP) is 0.294. The summed E-state index contributed by atoms with van der Waals surface area (Å²) in [5.74, 6) is -2.07. The average Bonchev–Trinajstić information content (AvgIpc) is 3.33. The van der Waals surface area contributed by atoms with Crippen LogP contribution in [0, 0.1) is 0 Å². The van der Waals surface area contributed by atoms with E-state index in [0.29, 0.717) is 12.8 Å². The van der Waals surface area contributed by atoms with Gasteiger partial charge in [-0.05, 0) is 39.5 Å². The van der Waals surface area contributed by atoms with Crippen LogP contribution in [-0.4, -0.2) is 84.0 Å². The van der Waals surface area contributed by atoms with Gasteiger partial charge >= 0.3 is 24.0 Å². The van der Waals surface area contributed by atoms with Crippen LogP contribution in [-0.2, 0) is 28.7 Å². The molecule has 2 heterocycles. The van der Waals surface area contributed by atoms with Crippen molar-refractivity contribution in [3.05, 3.63) is 0 Å². The Labute approximate surface area is 185 Å². The third kappa shape index (κ3) is 6.17. The van der Waals surface area contributed by atoms with Gasteiger partial charge in [0.15, 0.2) is 0 Å². The smallest absolute Gasteiger partial charge is 0.329 e. The summed E-state index contributed by atoms with van der Waals surface area (Å²) in [5, 5.41) is 5.18. The number of rotatable bonds is 9. The molecule has 2 rings (SSSR count). The summed E-state index contributed by atoms with van der Waals surface area (Å²) in [6.07, 6.45) is 1.63. The fraction of sp³-hybridized carbons (Fsp3) is 0.700. The van der Waals surface area contributed by atoms with Crippen LogP contribution in [0.2, 0.25) is 0 Å². The van der Waals surface area contributed by atoms with Crippen LogP contribution in [0.1, 0.15) is 52.4 Å². The molecule has 6 amide bonds. The van der Waals surface area contributed by atoms with Crippen molar-refractivity contribution in [1.82, 2.24) is 20.4 Å². The molecule has 2 fully saturated rings. The van der Waals surface area contributed by atoms with Crippen molar-refractivity contribution in [2.45, 2.75) is 64.5 Å². The molecule has 0 aliphatic carbocycles. The summed E-state index contributed by atoms with van der Waals surface area (Å²) in [4.78, 5) is 74.2. The summed E-state index contributed by atoms with van der Waals surface area (Å²) >= 11 is 0. The van der Waals surface area contributed by atoms with Crippen molar-refractivity contribution in [1.29, 1.82) is 0 Å². The minimum absolute atomic E-state index is 0.102. The van der Waals surface area contributed by atoms with Crippen molar-refractivity contribution in [2.75, 3.05) is 26.3 Å². The molecule has 0 aromatic carbocycles. The minimum Gasteiger partial charge on any atom is -0.464 e. The summed E-state index contributed by atoms with van der Waals surface area (Å²) in [5.41, 5.74) is 0. The number of esters is 2. The molecule has 12 nitrogen and oxygen atoms in total. The summed E-state index contributed by atoms with van der Waals surface area (Å²) in [6.45, 7) is 4.07. The topological polar surface area (TPSA) is 151 Å². The molecule has 178 valence electrons. The second kappa shape index (κ2) is 12.0. The largest absolute Gasteiger partial charge is 0.464 e. The highest BCUT2D eigenvalue weighted by atomic mass is 16.5. The standard InChI is InChI=1S/C20H30N4O8/c1-3-31-17(27)13-7-9-15(25)23(13)19(29)21-11-5-6-12-22-20(30)24-14(8-10-16(24)26)18(28)32-4-2/h13-14H,3-12H2,1-2H3,(H,21,29)(H,22,30). The molecule has 0 aromatic heterocycles. The molecule has 12 heteroatoms. The summed E-state index contributed by atoms with van der Waals surface area (Å²) in [6, 6.07) is -3.14. The molecule has 0 spiro atoms. The average molecular weight is 454 g/mol. The number of nitrogens with zero attached hydrogens (tertiary/aromatic N) is 2. The molecule has 2 aliphatic heterocycles. The van der Waals surface area contributed by atoms with E-state index in [-0.39, 0.29) is 52.0 Å². The second-order valence-electron chi connectivity index (χ2n) is 7.31. The van der Waals surface area contributed by atoms with Gasteiger partial charge in [-0.25, -0.2) is 29.0 Å². The maximum Gasteiger partial charge on any atom is 0.329 e. The number of carbonyl (C=O) groups excluding carboxylic acids is 6. The van der Waals surface area contributed by atoms with Crippen LogP contribution in [0.3, 0.4) is 0 Å². The first-order valence-corrected chi connectivity index (χ1v) is 10.8. The Bertz CT molecular complexity index is 694. The maximum absolute atomic E-state index is 12.3. The Morgan fingerprint density at radius 1 is 0.781 bits per heavy atom. The third-order valence-electron chi connectivity index (χ3n) is 5.13. The van der Waals surface area contributed by atoms with Crippen LogP contribution in [0.15, 0.2) is 0 Å². The number of ether oxygens (including phenoxy) is 2. The van der Waals surface area contributed by atoms with E-state index >= 15 is 0 Å². The highest BCUT2D eigenvalue weighted by molar-refractivity contribution is 6.02. The van der Waals surface area contributed by atoms with Crippen LogP contribution in [0.4, 0.5) is 9.59 Å². The molecule has 0 aromatic rings. The number of unbranched alkanes of at least 4 members (excludes halogenated alkanes) is 1. The maximum atomic E-state index is 12.3. The first kappa shape index (κ1) is 25.1. The minimum atomic E-state index is -0.910. The number of hydrogen-bond donors (Lipinski definition) is 2. The molecule has 0 saturated carbocycles. The van der Waals surface area contributed by atoms with Gasteiger partial charge in [0.2, 0.25) is 11.8 Å². The van der Waals surface area contributed by atoms with E-state index in [0.717, 1.165) is 9.80 Å². The molecule has 32 heavy (non-hydrogen) atoms. The van der Waals surface area contributed by atoms with Gasteiger partial charge in [-0.2, -0.15) is 0 Å². The van der Waals surface area contributed by atoms with Crippen molar-refractivity contribution in [2.24, 2.45) is 0 Å². The zero-order chi connectivity index (χ0) is 23.7. The lowest BCUT2D eigenvalue weighted by atomic mass is 10.2. The quantitative estimate of drug-likeness (QED) is 0.373. The van der Waals surface area contributed by atoms with E-state index in [1.165, 1.54) is 0 Å². The number of urea groups is 2. The number of hydrogen-bond acceptors (Lipinski definition) is 8. The van der Waals surface area contributed by atoms with E-state index in [1.54, 1.807) is 13.8 Å². The SMILES string of the molecule is CCOC(=O)C1CCC(=O)N1C(=O)NCCCCNC(=O)N1C(=O)CCC1C(=O)OCC. The van der Waals surface area contributed by atoms with E-state index in [9.17, 15) is 28.8 Å². The Balaban J connectivity index is 1.71. The lowest BCUT2D eigenvalue weighted by molar-refractivity contribution is -0.150. The molecule has 2 atom stereocenters. The Morgan fingerprint density at radius 2 is 1.16 bits per heavy atom. The molecule has 2 unspecified atom stereocenters. The third-order valence-corrected chi connectivity index (χ3v) is 5.13. The molecule has 0 bridgehead atoms. The van der Waals surface area contributed by atoms with Gasteiger partial charge in [-0.3, -0.25) is 9.59 Å². The van der Waals surface area contributed by atoms with Gasteiger partial charge in [0.1, 0.15) is 12.1 Å². The van der Waals surface area contributed by atoms with Gasteiger partial charge in [-0.15, -0.1) is 0 Å². The zero-order valence-corrected chi connectivity index (χ0v) is 18.4. The van der Waals surface area contributed by atoms with Crippen LogP contribution >= 0.6 is 0 Å². The number of imide groups is 2. The highest BCUT2D eigenvalue weighted by Gasteiger charge is 2.42.